The van der Waals surface area contributed by atoms with Gasteiger partial charge in [-0.05, 0) is 122 Å². The van der Waals surface area contributed by atoms with Crippen molar-refractivity contribution in [1.29, 1.82) is 0 Å². The minimum Gasteiger partial charge on any atom is -0.341 e. The summed E-state index contributed by atoms with van der Waals surface area (Å²) in [6, 6.07) is 57.0. The normalized spacial score (nSPS) is 12.0. The molecule has 8 aromatic carbocycles. The SMILES string of the molecule is CCn1c2ccc(-c3ccc(-c4c5ccc(C)cc5c(-c5ccc(-c6ccccc6)cc5)c5ccc(C)cc45)cc3)cc2c2cc(C(C)(C)C)ccc21. The highest BCUT2D eigenvalue weighted by atomic mass is 15.0. The maximum atomic E-state index is 2.45. The van der Waals surface area contributed by atoms with Gasteiger partial charge in [0.25, 0.3) is 0 Å². The minimum atomic E-state index is 0.0963. The van der Waals surface area contributed by atoms with Crippen LogP contribution in [0, 0.1) is 13.8 Å². The first kappa shape index (κ1) is 33.0. The molecule has 0 radical (unpaired) electrons. The largest absolute Gasteiger partial charge is 0.341 e. The Balaban J connectivity index is 1.19. The van der Waals surface area contributed by atoms with Crippen molar-refractivity contribution in [1.82, 2.24) is 4.57 Å². The lowest BCUT2D eigenvalue weighted by Gasteiger charge is -2.19. The summed E-state index contributed by atoms with van der Waals surface area (Å²) >= 11 is 0. The Morgan fingerprint density at radius 1 is 0.396 bits per heavy atom. The number of hydrogen-bond donors (Lipinski definition) is 0. The molecule has 258 valence electrons. The molecular formula is C52H45N. The number of fused-ring (bicyclic) bond motifs is 5. The highest BCUT2D eigenvalue weighted by Gasteiger charge is 2.19. The number of aryl methyl sites for hydroxylation is 3. The third-order valence-electron chi connectivity index (χ3n) is 11.3. The topological polar surface area (TPSA) is 4.93 Å². The van der Waals surface area contributed by atoms with E-state index in [9.17, 15) is 0 Å². The molecule has 0 unspecified atom stereocenters. The first-order valence-corrected chi connectivity index (χ1v) is 19.0. The van der Waals surface area contributed by atoms with Crippen LogP contribution >= 0.6 is 0 Å². The van der Waals surface area contributed by atoms with Crippen LogP contribution in [0.3, 0.4) is 0 Å². The minimum absolute atomic E-state index is 0.0963. The molecule has 0 atom stereocenters. The fraction of sp³-hybridized carbons (Fsp3) is 0.154. The zero-order valence-electron chi connectivity index (χ0n) is 31.6. The molecule has 0 fully saturated rings. The molecule has 0 aliphatic heterocycles. The van der Waals surface area contributed by atoms with Crippen LogP contribution in [0.15, 0.2) is 152 Å². The third kappa shape index (κ3) is 5.63. The summed E-state index contributed by atoms with van der Waals surface area (Å²) in [5.41, 5.74) is 16.6. The zero-order valence-corrected chi connectivity index (χ0v) is 31.6. The molecule has 0 spiro atoms. The number of hydrogen-bond acceptors (Lipinski definition) is 0. The van der Waals surface area contributed by atoms with Crippen molar-refractivity contribution in [3.05, 3.63) is 168 Å². The zero-order chi connectivity index (χ0) is 36.4. The maximum absolute atomic E-state index is 2.45. The lowest BCUT2D eigenvalue weighted by molar-refractivity contribution is 0.591. The Kier molecular flexibility index (Phi) is 7.86. The summed E-state index contributed by atoms with van der Waals surface area (Å²) in [4.78, 5) is 0. The number of rotatable bonds is 5. The molecule has 0 saturated heterocycles. The summed E-state index contributed by atoms with van der Waals surface area (Å²) in [5.74, 6) is 0. The molecule has 1 heteroatoms. The Labute approximate surface area is 313 Å². The Morgan fingerprint density at radius 2 is 0.849 bits per heavy atom. The second-order valence-electron chi connectivity index (χ2n) is 15.8. The van der Waals surface area contributed by atoms with Crippen molar-refractivity contribution in [3.63, 3.8) is 0 Å². The van der Waals surface area contributed by atoms with E-state index in [1.165, 1.54) is 105 Å². The van der Waals surface area contributed by atoms with E-state index < -0.39 is 0 Å². The van der Waals surface area contributed by atoms with Gasteiger partial charge in [0.2, 0.25) is 0 Å². The second kappa shape index (κ2) is 12.6. The van der Waals surface area contributed by atoms with E-state index in [-0.39, 0.29) is 5.41 Å². The lowest BCUT2D eigenvalue weighted by Crippen LogP contribution is -2.10. The first-order chi connectivity index (χ1) is 25.7. The Hall–Kier alpha value is -5.92. The Morgan fingerprint density at radius 3 is 1.38 bits per heavy atom. The summed E-state index contributed by atoms with van der Waals surface area (Å²) in [6.45, 7) is 14.5. The van der Waals surface area contributed by atoms with E-state index in [0.29, 0.717) is 0 Å². The van der Waals surface area contributed by atoms with Gasteiger partial charge in [-0.1, -0.05) is 159 Å². The average Bonchev–Trinajstić information content (AvgIpc) is 3.49. The van der Waals surface area contributed by atoms with Gasteiger partial charge in [-0.3, -0.25) is 0 Å². The number of nitrogens with zero attached hydrogens (tertiary/aromatic N) is 1. The fourth-order valence-electron chi connectivity index (χ4n) is 8.46. The quantitative estimate of drug-likeness (QED) is 0.159. The standard InChI is InChI=1S/C52H45N/c1-7-53-48-27-23-40(31-44(48)45-32-41(52(4,5)6)24-28-49(45)53)37-17-21-39(22-18-37)51-43-26-14-33(2)29-46(43)50(42-25-13-34(3)30-47(42)51)38-19-15-36(16-20-38)35-11-9-8-10-12-35/h8-32H,7H2,1-6H3. The van der Waals surface area contributed by atoms with Crippen LogP contribution in [0.25, 0.3) is 87.9 Å². The van der Waals surface area contributed by atoms with Crippen LogP contribution in [0.2, 0.25) is 0 Å². The fourth-order valence-corrected chi connectivity index (χ4v) is 8.46. The second-order valence-corrected chi connectivity index (χ2v) is 15.8. The molecule has 53 heavy (non-hydrogen) atoms. The predicted molar refractivity (Wildman–Crippen MR) is 230 cm³/mol. The van der Waals surface area contributed by atoms with Crippen molar-refractivity contribution in [2.75, 3.05) is 0 Å². The summed E-state index contributed by atoms with van der Waals surface area (Å²) in [5, 5.41) is 7.82. The van der Waals surface area contributed by atoms with E-state index in [2.05, 4.69) is 198 Å². The van der Waals surface area contributed by atoms with E-state index in [1.54, 1.807) is 0 Å². The highest BCUT2D eigenvalue weighted by Crippen LogP contribution is 2.45. The van der Waals surface area contributed by atoms with Crippen LogP contribution < -0.4 is 0 Å². The predicted octanol–water partition coefficient (Wildman–Crippen LogP) is 14.7. The molecule has 9 rings (SSSR count). The van der Waals surface area contributed by atoms with Crippen molar-refractivity contribution in [3.8, 4) is 44.5 Å². The molecule has 1 heterocycles. The molecule has 0 aliphatic rings. The van der Waals surface area contributed by atoms with Gasteiger partial charge in [-0.15, -0.1) is 0 Å². The van der Waals surface area contributed by atoms with E-state index in [1.807, 2.05) is 0 Å². The highest BCUT2D eigenvalue weighted by molar-refractivity contribution is 6.21. The monoisotopic (exact) mass is 683 g/mol. The van der Waals surface area contributed by atoms with Crippen molar-refractivity contribution >= 4 is 43.4 Å². The average molecular weight is 684 g/mol. The Bertz CT molecular complexity index is 2830. The van der Waals surface area contributed by atoms with Gasteiger partial charge in [0.05, 0.1) is 0 Å². The van der Waals surface area contributed by atoms with Gasteiger partial charge < -0.3 is 4.57 Å². The summed E-state index contributed by atoms with van der Waals surface area (Å²) < 4.78 is 2.45. The van der Waals surface area contributed by atoms with E-state index in [4.69, 9.17) is 0 Å². The maximum Gasteiger partial charge on any atom is 0.0491 e. The van der Waals surface area contributed by atoms with Crippen LogP contribution in [0.4, 0.5) is 0 Å². The van der Waals surface area contributed by atoms with Gasteiger partial charge in [-0.2, -0.15) is 0 Å². The molecule has 0 amide bonds. The molecule has 9 aromatic rings. The lowest BCUT2D eigenvalue weighted by atomic mass is 9.84. The molecule has 0 bridgehead atoms. The van der Waals surface area contributed by atoms with Gasteiger partial charge >= 0.3 is 0 Å². The van der Waals surface area contributed by atoms with Crippen molar-refractivity contribution in [2.45, 2.75) is 53.5 Å². The van der Waals surface area contributed by atoms with Crippen LogP contribution in [0.1, 0.15) is 44.4 Å². The molecule has 0 N–H and O–H groups in total. The van der Waals surface area contributed by atoms with Crippen LogP contribution in [0.5, 0.6) is 0 Å². The van der Waals surface area contributed by atoms with Gasteiger partial charge in [-0.25, -0.2) is 0 Å². The van der Waals surface area contributed by atoms with Gasteiger partial charge in [0, 0.05) is 28.4 Å². The molecule has 1 nitrogen and oxygen atoms in total. The third-order valence-corrected chi connectivity index (χ3v) is 11.3. The van der Waals surface area contributed by atoms with E-state index in [0.717, 1.165) is 6.54 Å². The van der Waals surface area contributed by atoms with Crippen molar-refractivity contribution in [2.24, 2.45) is 0 Å². The molecular weight excluding hydrogens is 639 g/mol. The summed E-state index contributed by atoms with van der Waals surface area (Å²) in [7, 11) is 0. The van der Waals surface area contributed by atoms with E-state index >= 15 is 0 Å². The smallest absolute Gasteiger partial charge is 0.0491 e. The van der Waals surface area contributed by atoms with Gasteiger partial charge in [0.1, 0.15) is 0 Å². The van der Waals surface area contributed by atoms with Gasteiger partial charge in [0.15, 0.2) is 0 Å². The van der Waals surface area contributed by atoms with Crippen LogP contribution in [-0.2, 0) is 12.0 Å². The summed E-state index contributed by atoms with van der Waals surface area (Å²) in [6.07, 6.45) is 0. The first-order valence-electron chi connectivity index (χ1n) is 19.0. The van der Waals surface area contributed by atoms with Crippen molar-refractivity contribution < 1.29 is 0 Å². The molecule has 0 aliphatic carbocycles. The molecule has 1 aromatic heterocycles. The molecule has 0 saturated carbocycles. The van der Waals surface area contributed by atoms with Crippen LogP contribution in [-0.4, -0.2) is 4.57 Å². The number of aromatic nitrogens is 1. The number of benzene rings is 8.